The molecule has 0 aliphatic rings. The molecule has 0 unspecified atom stereocenters. The fourth-order valence-corrected chi connectivity index (χ4v) is 1.07. The Bertz CT molecular complexity index is 446. The molecule has 92 valence electrons. The molecular weight excluding hydrogens is 230 g/mol. The zero-order chi connectivity index (χ0) is 12.8. The van der Waals surface area contributed by atoms with Gasteiger partial charge in [-0.25, -0.2) is 0 Å². The number of benzene rings is 1. The van der Waals surface area contributed by atoms with Crippen LogP contribution in [-0.2, 0) is 0 Å². The standard InChI is InChI=1S/C9H11N3O5/c1-16-6-2-3-7(12(14)15)8(4-6)17-5-9(10)11-13/h2-4,13H,5H2,1H3,(H2,10,11). The first-order valence-electron chi connectivity index (χ1n) is 4.50. The van der Waals surface area contributed by atoms with E-state index < -0.39 is 4.92 Å². The maximum atomic E-state index is 10.7. The number of nitro groups is 1. The van der Waals surface area contributed by atoms with Crippen LogP contribution in [0.25, 0.3) is 0 Å². The van der Waals surface area contributed by atoms with E-state index in [1.807, 2.05) is 0 Å². The summed E-state index contributed by atoms with van der Waals surface area (Å²) in [5.41, 5.74) is 4.97. The quantitative estimate of drug-likeness (QED) is 0.258. The number of nitrogens with two attached hydrogens (primary N) is 1. The smallest absolute Gasteiger partial charge is 0.311 e. The van der Waals surface area contributed by atoms with Crippen molar-refractivity contribution in [3.8, 4) is 11.5 Å². The first kappa shape index (κ1) is 12.6. The molecule has 0 aliphatic heterocycles. The van der Waals surface area contributed by atoms with Crippen LogP contribution < -0.4 is 15.2 Å². The summed E-state index contributed by atoms with van der Waals surface area (Å²) in [6.07, 6.45) is 0. The number of nitrogens with zero attached hydrogens (tertiary/aromatic N) is 2. The molecule has 0 saturated heterocycles. The summed E-state index contributed by atoms with van der Waals surface area (Å²) in [4.78, 5) is 10.1. The summed E-state index contributed by atoms with van der Waals surface area (Å²) in [6.45, 7) is -0.259. The summed E-state index contributed by atoms with van der Waals surface area (Å²) < 4.78 is 9.97. The number of methoxy groups -OCH3 is 1. The van der Waals surface area contributed by atoms with Crippen molar-refractivity contribution in [1.29, 1.82) is 0 Å². The van der Waals surface area contributed by atoms with E-state index in [1.54, 1.807) is 0 Å². The van der Waals surface area contributed by atoms with Crippen LogP contribution >= 0.6 is 0 Å². The number of hydrogen-bond donors (Lipinski definition) is 2. The molecule has 0 atom stereocenters. The van der Waals surface area contributed by atoms with E-state index in [2.05, 4.69) is 5.16 Å². The van der Waals surface area contributed by atoms with Crippen molar-refractivity contribution in [2.24, 2.45) is 10.9 Å². The van der Waals surface area contributed by atoms with Gasteiger partial charge < -0.3 is 20.4 Å². The van der Waals surface area contributed by atoms with Gasteiger partial charge in [0, 0.05) is 12.1 Å². The molecule has 0 amide bonds. The number of amidine groups is 1. The van der Waals surface area contributed by atoms with Crippen molar-refractivity contribution in [3.63, 3.8) is 0 Å². The monoisotopic (exact) mass is 241 g/mol. The van der Waals surface area contributed by atoms with Crippen molar-refractivity contribution < 1.29 is 19.6 Å². The molecule has 1 aromatic carbocycles. The molecule has 1 rings (SSSR count). The highest BCUT2D eigenvalue weighted by molar-refractivity contribution is 5.81. The van der Waals surface area contributed by atoms with E-state index >= 15 is 0 Å². The van der Waals surface area contributed by atoms with Gasteiger partial charge in [-0.1, -0.05) is 5.16 Å². The molecule has 1 aromatic rings. The summed E-state index contributed by atoms with van der Waals surface area (Å²) in [7, 11) is 1.43. The van der Waals surface area contributed by atoms with E-state index in [4.69, 9.17) is 20.4 Å². The van der Waals surface area contributed by atoms with E-state index in [0.29, 0.717) is 5.75 Å². The van der Waals surface area contributed by atoms with Gasteiger partial charge in [-0.15, -0.1) is 0 Å². The Labute approximate surface area is 96.4 Å². The Kier molecular flexibility index (Phi) is 4.09. The molecule has 8 nitrogen and oxygen atoms in total. The van der Waals surface area contributed by atoms with E-state index in [-0.39, 0.29) is 23.9 Å². The lowest BCUT2D eigenvalue weighted by Crippen LogP contribution is -2.21. The lowest BCUT2D eigenvalue weighted by molar-refractivity contribution is -0.385. The molecule has 0 bridgehead atoms. The van der Waals surface area contributed by atoms with Gasteiger partial charge in [0.2, 0.25) is 5.75 Å². The van der Waals surface area contributed by atoms with Crippen molar-refractivity contribution >= 4 is 11.5 Å². The third kappa shape index (κ3) is 3.23. The van der Waals surface area contributed by atoms with E-state index in [9.17, 15) is 10.1 Å². The van der Waals surface area contributed by atoms with Crippen LogP contribution in [0, 0.1) is 10.1 Å². The number of hydrogen-bond acceptors (Lipinski definition) is 6. The molecule has 0 spiro atoms. The maximum Gasteiger partial charge on any atom is 0.311 e. The van der Waals surface area contributed by atoms with Gasteiger partial charge in [0.25, 0.3) is 0 Å². The van der Waals surface area contributed by atoms with Gasteiger partial charge in [0.1, 0.15) is 12.4 Å². The van der Waals surface area contributed by atoms with Gasteiger partial charge >= 0.3 is 5.69 Å². The molecule has 0 saturated carbocycles. The largest absolute Gasteiger partial charge is 0.497 e. The van der Waals surface area contributed by atoms with Crippen LogP contribution in [0.15, 0.2) is 23.4 Å². The van der Waals surface area contributed by atoms with Crippen LogP contribution in [0.1, 0.15) is 0 Å². The number of nitro benzene ring substituents is 1. The number of rotatable bonds is 5. The fourth-order valence-electron chi connectivity index (χ4n) is 1.07. The minimum Gasteiger partial charge on any atom is -0.497 e. The summed E-state index contributed by atoms with van der Waals surface area (Å²) >= 11 is 0. The van der Waals surface area contributed by atoms with Gasteiger partial charge in [-0.3, -0.25) is 10.1 Å². The molecule has 0 radical (unpaired) electrons. The van der Waals surface area contributed by atoms with Crippen LogP contribution in [0.3, 0.4) is 0 Å². The van der Waals surface area contributed by atoms with E-state index in [0.717, 1.165) is 0 Å². The molecule has 0 heterocycles. The minimum atomic E-state index is -0.596. The molecular formula is C9H11N3O5. The fraction of sp³-hybridized carbons (Fsp3) is 0.222. The summed E-state index contributed by atoms with van der Waals surface area (Å²) in [5, 5.41) is 21.7. The van der Waals surface area contributed by atoms with Crippen LogP contribution in [0.5, 0.6) is 11.5 Å². The third-order valence-electron chi connectivity index (χ3n) is 1.87. The highest BCUT2D eigenvalue weighted by atomic mass is 16.6. The van der Waals surface area contributed by atoms with Crippen LogP contribution in [-0.4, -0.2) is 29.7 Å². The molecule has 0 fully saturated rings. The van der Waals surface area contributed by atoms with Crippen molar-refractivity contribution in [2.45, 2.75) is 0 Å². The zero-order valence-electron chi connectivity index (χ0n) is 8.99. The molecule has 8 heteroatoms. The molecule has 0 aliphatic carbocycles. The Balaban J connectivity index is 2.97. The second kappa shape index (κ2) is 5.54. The average molecular weight is 241 g/mol. The Morgan fingerprint density at radius 3 is 2.88 bits per heavy atom. The first-order valence-corrected chi connectivity index (χ1v) is 4.50. The minimum absolute atomic E-state index is 0.0130. The van der Waals surface area contributed by atoms with Crippen LogP contribution in [0.4, 0.5) is 5.69 Å². The Morgan fingerprint density at radius 1 is 1.65 bits per heavy atom. The normalized spacial score (nSPS) is 11.0. The number of oxime groups is 1. The van der Waals surface area contributed by atoms with Gasteiger partial charge in [-0.05, 0) is 6.07 Å². The zero-order valence-corrected chi connectivity index (χ0v) is 8.99. The van der Waals surface area contributed by atoms with Crippen molar-refractivity contribution in [2.75, 3.05) is 13.7 Å². The van der Waals surface area contributed by atoms with E-state index in [1.165, 1.54) is 25.3 Å². The third-order valence-corrected chi connectivity index (χ3v) is 1.87. The molecule has 17 heavy (non-hydrogen) atoms. The lowest BCUT2D eigenvalue weighted by atomic mass is 10.3. The van der Waals surface area contributed by atoms with Crippen molar-refractivity contribution in [3.05, 3.63) is 28.3 Å². The topological polar surface area (TPSA) is 120 Å². The summed E-state index contributed by atoms with van der Waals surface area (Å²) in [6, 6.07) is 4.04. The summed E-state index contributed by atoms with van der Waals surface area (Å²) in [5.74, 6) is 0.202. The SMILES string of the molecule is COc1ccc([N+](=O)[O-])c(OC/C(N)=N/O)c1. The first-order chi connectivity index (χ1) is 8.08. The maximum absolute atomic E-state index is 10.7. The van der Waals surface area contributed by atoms with Crippen LogP contribution in [0.2, 0.25) is 0 Å². The highest BCUT2D eigenvalue weighted by Crippen LogP contribution is 2.30. The predicted molar refractivity (Wildman–Crippen MR) is 58.6 cm³/mol. The van der Waals surface area contributed by atoms with Crippen molar-refractivity contribution in [1.82, 2.24) is 0 Å². The molecule has 0 aromatic heterocycles. The Hall–Kier alpha value is -2.51. The molecule has 3 N–H and O–H groups in total. The average Bonchev–Trinajstić information content (AvgIpc) is 2.35. The van der Waals surface area contributed by atoms with Gasteiger partial charge in [-0.2, -0.15) is 0 Å². The lowest BCUT2D eigenvalue weighted by Gasteiger charge is -2.07. The second-order valence-electron chi connectivity index (χ2n) is 2.97. The van der Waals surface area contributed by atoms with Gasteiger partial charge in [0.15, 0.2) is 5.84 Å². The Morgan fingerprint density at radius 2 is 2.35 bits per heavy atom. The second-order valence-corrected chi connectivity index (χ2v) is 2.97. The van der Waals surface area contributed by atoms with Gasteiger partial charge in [0.05, 0.1) is 12.0 Å². The number of ether oxygens (including phenoxy) is 2. The highest BCUT2D eigenvalue weighted by Gasteiger charge is 2.16. The predicted octanol–water partition coefficient (Wildman–Crippen LogP) is 0.729.